The Balaban J connectivity index is 1.51. The SMILES string of the molecule is Cc1nccc(C(=O)N2CCC[C@@H]2c2ncc(Cc3ccc(F)cc3)o2)n1. The van der Waals surface area contributed by atoms with Gasteiger partial charge >= 0.3 is 0 Å². The van der Waals surface area contributed by atoms with Gasteiger partial charge in [0, 0.05) is 19.2 Å². The number of aryl methyl sites for hydroxylation is 1. The van der Waals surface area contributed by atoms with Crippen molar-refractivity contribution in [3.63, 3.8) is 0 Å². The highest BCUT2D eigenvalue weighted by molar-refractivity contribution is 5.92. The number of hydrogen-bond donors (Lipinski definition) is 0. The number of likely N-dealkylation sites (tertiary alicyclic amines) is 1. The van der Waals surface area contributed by atoms with Gasteiger partial charge in [-0.25, -0.2) is 19.3 Å². The second-order valence-electron chi connectivity index (χ2n) is 6.61. The van der Waals surface area contributed by atoms with Crippen LogP contribution in [0.15, 0.2) is 47.1 Å². The minimum Gasteiger partial charge on any atom is -0.443 e. The van der Waals surface area contributed by atoms with Crippen molar-refractivity contribution >= 4 is 5.91 Å². The van der Waals surface area contributed by atoms with Gasteiger partial charge in [0.05, 0.1) is 6.20 Å². The van der Waals surface area contributed by atoms with Crippen molar-refractivity contribution in [2.24, 2.45) is 0 Å². The van der Waals surface area contributed by atoms with E-state index in [1.807, 2.05) is 0 Å². The fraction of sp³-hybridized carbons (Fsp3) is 0.300. The topological polar surface area (TPSA) is 72.1 Å². The number of halogens is 1. The highest BCUT2D eigenvalue weighted by Gasteiger charge is 2.34. The van der Waals surface area contributed by atoms with Gasteiger partial charge in [-0.2, -0.15) is 0 Å². The van der Waals surface area contributed by atoms with Crippen molar-refractivity contribution in [1.29, 1.82) is 0 Å². The lowest BCUT2D eigenvalue weighted by Crippen LogP contribution is -2.31. The van der Waals surface area contributed by atoms with Gasteiger partial charge in [-0.3, -0.25) is 4.79 Å². The predicted octanol–water partition coefficient (Wildman–Crippen LogP) is 3.48. The zero-order chi connectivity index (χ0) is 18.8. The second-order valence-corrected chi connectivity index (χ2v) is 6.61. The molecule has 0 unspecified atom stereocenters. The molecule has 0 radical (unpaired) electrons. The van der Waals surface area contributed by atoms with Gasteiger partial charge in [-0.15, -0.1) is 0 Å². The second kappa shape index (κ2) is 7.26. The standard InChI is InChI=1S/C20H19FN4O2/c1-13-22-9-8-17(24-13)20(26)25-10-2-3-18(25)19-23-12-16(27-19)11-14-4-6-15(21)7-5-14/h4-9,12,18H,2-3,10-11H2,1H3/t18-/m1/s1. The number of oxazole rings is 1. The Morgan fingerprint density at radius 2 is 2.07 bits per heavy atom. The van der Waals surface area contributed by atoms with Crippen LogP contribution in [0.2, 0.25) is 0 Å². The van der Waals surface area contributed by atoms with Crippen molar-refractivity contribution in [1.82, 2.24) is 19.9 Å². The largest absolute Gasteiger partial charge is 0.443 e. The Kier molecular flexibility index (Phi) is 4.66. The van der Waals surface area contributed by atoms with Crippen LogP contribution in [0.3, 0.4) is 0 Å². The minimum absolute atomic E-state index is 0.138. The molecule has 1 aliphatic heterocycles. The van der Waals surface area contributed by atoms with Crippen molar-refractivity contribution in [3.8, 4) is 0 Å². The van der Waals surface area contributed by atoms with E-state index in [0.29, 0.717) is 36.1 Å². The zero-order valence-electron chi connectivity index (χ0n) is 14.9. The molecule has 1 atom stereocenters. The summed E-state index contributed by atoms with van der Waals surface area (Å²) in [7, 11) is 0. The molecule has 0 aliphatic carbocycles. The smallest absolute Gasteiger partial charge is 0.273 e. The number of carbonyl (C=O) groups is 1. The molecule has 7 heteroatoms. The molecule has 0 bridgehead atoms. The first-order valence-corrected chi connectivity index (χ1v) is 8.90. The maximum atomic E-state index is 13.0. The van der Waals surface area contributed by atoms with E-state index in [1.54, 1.807) is 42.4 Å². The fourth-order valence-corrected chi connectivity index (χ4v) is 3.35. The lowest BCUT2D eigenvalue weighted by atomic mass is 10.1. The monoisotopic (exact) mass is 366 g/mol. The Bertz CT molecular complexity index is 955. The third-order valence-corrected chi connectivity index (χ3v) is 4.66. The number of carbonyl (C=O) groups excluding carboxylic acids is 1. The quantitative estimate of drug-likeness (QED) is 0.707. The van der Waals surface area contributed by atoms with Crippen LogP contribution in [-0.2, 0) is 6.42 Å². The number of amides is 1. The van der Waals surface area contributed by atoms with E-state index in [4.69, 9.17) is 4.42 Å². The van der Waals surface area contributed by atoms with E-state index in [1.165, 1.54) is 12.1 Å². The molecule has 0 spiro atoms. The molecular weight excluding hydrogens is 347 g/mol. The molecule has 1 fully saturated rings. The van der Waals surface area contributed by atoms with Crippen molar-refractivity contribution < 1.29 is 13.6 Å². The van der Waals surface area contributed by atoms with E-state index in [2.05, 4.69) is 15.0 Å². The summed E-state index contributed by atoms with van der Waals surface area (Å²) in [5.41, 5.74) is 1.32. The third-order valence-electron chi connectivity index (χ3n) is 4.66. The maximum absolute atomic E-state index is 13.0. The molecule has 3 aromatic rings. The molecule has 2 aromatic heterocycles. The van der Waals surface area contributed by atoms with Crippen LogP contribution in [0, 0.1) is 12.7 Å². The molecule has 4 rings (SSSR count). The molecule has 1 aliphatic rings. The Hall–Kier alpha value is -3.09. The number of aromatic nitrogens is 3. The summed E-state index contributed by atoms with van der Waals surface area (Å²) >= 11 is 0. The minimum atomic E-state index is -0.267. The molecule has 0 saturated carbocycles. The summed E-state index contributed by atoms with van der Waals surface area (Å²) in [5, 5.41) is 0. The molecule has 3 heterocycles. The Morgan fingerprint density at radius 1 is 1.26 bits per heavy atom. The molecule has 1 aromatic carbocycles. The number of nitrogens with zero attached hydrogens (tertiary/aromatic N) is 4. The van der Waals surface area contributed by atoms with Gasteiger partial charge in [-0.05, 0) is 43.5 Å². The lowest BCUT2D eigenvalue weighted by molar-refractivity contribution is 0.0708. The van der Waals surface area contributed by atoms with Crippen LogP contribution in [0.1, 0.15) is 52.4 Å². The van der Waals surface area contributed by atoms with Crippen LogP contribution < -0.4 is 0 Å². The zero-order valence-corrected chi connectivity index (χ0v) is 14.9. The fourth-order valence-electron chi connectivity index (χ4n) is 3.35. The van der Waals surface area contributed by atoms with E-state index >= 15 is 0 Å². The van der Waals surface area contributed by atoms with Crippen LogP contribution in [0.25, 0.3) is 0 Å². The van der Waals surface area contributed by atoms with Gasteiger partial charge in [0.1, 0.15) is 29.1 Å². The molecule has 138 valence electrons. The van der Waals surface area contributed by atoms with Crippen molar-refractivity contribution in [2.75, 3.05) is 6.54 Å². The van der Waals surface area contributed by atoms with Gasteiger partial charge < -0.3 is 9.32 Å². The summed E-state index contributed by atoms with van der Waals surface area (Å²) < 4.78 is 18.9. The van der Waals surface area contributed by atoms with E-state index in [-0.39, 0.29) is 17.8 Å². The molecule has 1 saturated heterocycles. The Morgan fingerprint density at radius 3 is 2.85 bits per heavy atom. The normalized spacial score (nSPS) is 16.7. The van der Waals surface area contributed by atoms with E-state index in [9.17, 15) is 9.18 Å². The van der Waals surface area contributed by atoms with E-state index < -0.39 is 0 Å². The van der Waals surface area contributed by atoms with E-state index in [0.717, 1.165) is 18.4 Å². The number of rotatable bonds is 4. The molecule has 1 amide bonds. The highest BCUT2D eigenvalue weighted by Crippen LogP contribution is 2.32. The molecule has 0 N–H and O–H groups in total. The first kappa shape index (κ1) is 17.3. The van der Waals surface area contributed by atoms with Gasteiger partial charge in [-0.1, -0.05) is 12.1 Å². The number of benzene rings is 1. The van der Waals surface area contributed by atoms with Gasteiger partial charge in [0.2, 0.25) is 5.89 Å². The van der Waals surface area contributed by atoms with Crippen LogP contribution in [0.5, 0.6) is 0 Å². The summed E-state index contributed by atoms with van der Waals surface area (Å²) in [6.45, 7) is 2.40. The maximum Gasteiger partial charge on any atom is 0.273 e. The number of hydrogen-bond acceptors (Lipinski definition) is 5. The summed E-state index contributed by atoms with van der Waals surface area (Å²) in [6.07, 6.45) is 5.47. The third kappa shape index (κ3) is 3.72. The van der Waals surface area contributed by atoms with Gasteiger partial charge in [0.25, 0.3) is 5.91 Å². The first-order chi connectivity index (χ1) is 13.1. The van der Waals surface area contributed by atoms with Crippen molar-refractivity contribution in [2.45, 2.75) is 32.2 Å². The Labute approximate surface area is 156 Å². The average molecular weight is 366 g/mol. The summed E-state index contributed by atoms with van der Waals surface area (Å²) in [4.78, 5) is 27.3. The predicted molar refractivity (Wildman–Crippen MR) is 95.5 cm³/mol. The lowest BCUT2D eigenvalue weighted by Gasteiger charge is -2.21. The van der Waals surface area contributed by atoms with Crippen molar-refractivity contribution in [3.05, 3.63) is 77.3 Å². The van der Waals surface area contributed by atoms with Crippen LogP contribution >= 0.6 is 0 Å². The van der Waals surface area contributed by atoms with Crippen LogP contribution in [-0.4, -0.2) is 32.3 Å². The first-order valence-electron chi connectivity index (χ1n) is 8.90. The average Bonchev–Trinajstić information content (AvgIpc) is 3.32. The molecular formula is C20H19FN4O2. The molecule has 27 heavy (non-hydrogen) atoms. The van der Waals surface area contributed by atoms with Crippen LogP contribution in [0.4, 0.5) is 4.39 Å². The molecule has 6 nitrogen and oxygen atoms in total. The summed E-state index contributed by atoms with van der Waals surface area (Å²) in [5.74, 6) is 1.38. The highest BCUT2D eigenvalue weighted by atomic mass is 19.1. The van der Waals surface area contributed by atoms with Gasteiger partial charge in [0.15, 0.2) is 0 Å². The summed E-state index contributed by atoms with van der Waals surface area (Å²) in [6, 6.07) is 7.72.